The molecule has 0 spiro atoms. The molecule has 1 saturated heterocycles. The summed E-state index contributed by atoms with van der Waals surface area (Å²) in [6.07, 6.45) is 0.872. The molecule has 2 heterocycles. The van der Waals surface area contributed by atoms with Gasteiger partial charge in [-0.25, -0.2) is 8.78 Å². The Bertz CT molecular complexity index is 469. The first kappa shape index (κ1) is 14.7. The van der Waals surface area contributed by atoms with Crippen LogP contribution in [0.5, 0.6) is 0 Å². The van der Waals surface area contributed by atoms with Crippen molar-refractivity contribution in [1.82, 2.24) is 20.5 Å². The Morgan fingerprint density at radius 3 is 2.38 bits per heavy atom. The van der Waals surface area contributed by atoms with Gasteiger partial charge in [0, 0.05) is 43.9 Å². The second kappa shape index (κ2) is 5.51. The lowest BCUT2D eigenvalue weighted by Crippen LogP contribution is -2.54. The van der Waals surface area contributed by atoms with Gasteiger partial charge in [-0.15, -0.1) is 5.10 Å². The third kappa shape index (κ3) is 3.33. The van der Waals surface area contributed by atoms with E-state index in [0.717, 1.165) is 18.9 Å². The number of H-pyrrole nitrogens is 1. The number of nitrogens with zero attached hydrogens (tertiary/aromatic N) is 3. The van der Waals surface area contributed by atoms with Crippen LogP contribution in [0.3, 0.4) is 0 Å². The van der Waals surface area contributed by atoms with Crippen LogP contribution < -0.4 is 10.2 Å². The van der Waals surface area contributed by atoms with Crippen LogP contribution in [-0.4, -0.2) is 46.3 Å². The molecule has 2 atom stereocenters. The Labute approximate surface area is 123 Å². The van der Waals surface area contributed by atoms with Gasteiger partial charge in [-0.1, -0.05) is 0 Å². The smallest absolute Gasteiger partial charge is 0.248 e. The fourth-order valence-electron chi connectivity index (χ4n) is 3.39. The van der Waals surface area contributed by atoms with Gasteiger partial charge in [0.15, 0.2) is 0 Å². The summed E-state index contributed by atoms with van der Waals surface area (Å²) in [5.74, 6) is -0.950. The lowest BCUT2D eigenvalue weighted by atomic mass is 9.86. The zero-order valence-electron chi connectivity index (χ0n) is 12.6. The van der Waals surface area contributed by atoms with Crippen LogP contribution in [0.4, 0.5) is 14.7 Å². The van der Waals surface area contributed by atoms with Gasteiger partial charge in [0.05, 0.1) is 0 Å². The zero-order valence-corrected chi connectivity index (χ0v) is 12.6. The predicted octanol–water partition coefficient (Wildman–Crippen LogP) is 2.28. The van der Waals surface area contributed by atoms with E-state index in [1.165, 1.54) is 0 Å². The molecule has 1 aliphatic heterocycles. The van der Waals surface area contributed by atoms with Gasteiger partial charge in [-0.05, 0) is 26.7 Å². The summed E-state index contributed by atoms with van der Waals surface area (Å²) in [5, 5.41) is 10.7. The Morgan fingerprint density at radius 2 is 1.76 bits per heavy atom. The van der Waals surface area contributed by atoms with Gasteiger partial charge >= 0.3 is 0 Å². The minimum Gasteiger partial charge on any atom is -0.336 e. The Hall–Kier alpha value is -1.24. The topological polar surface area (TPSA) is 56.8 Å². The van der Waals surface area contributed by atoms with Gasteiger partial charge in [-0.2, -0.15) is 4.98 Å². The quantitative estimate of drug-likeness (QED) is 0.879. The van der Waals surface area contributed by atoms with E-state index in [1.807, 2.05) is 0 Å². The summed E-state index contributed by atoms with van der Waals surface area (Å²) in [4.78, 5) is 6.72. The molecule has 1 aromatic rings. The van der Waals surface area contributed by atoms with Crippen molar-refractivity contribution < 1.29 is 8.78 Å². The van der Waals surface area contributed by atoms with Crippen LogP contribution >= 0.6 is 0 Å². The summed E-state index contributed by atoms with van der Waals surface area (Å²) in [5.41, 5.74) is 0. The molecular formula is C14H23F2N5. The number of rotatable bonds is 2. The third-order valence-electron chi connectivity index (χ3n) is 4.44. The molecule has 2 unspecified atom stereocenters. The number of hydrogen-bond acceptors (Lipinski definition) is 4. The van der Waals surface area contributed by atoms with Gasteiger partial charge in [0.1, 0.15) is 5.82 Å². The van der Waals surface area contributed by atoms with E-state index in [1.54, 1.807) is 0 Å². The molecule has 2 fully saturated rings. The van der Waals surface area contributed by atoms with Gasteiger partial charge in [0.25, 0.3) is 0 Å². The van der Waals surface area contributed by atoms with Crippen molar-refractivity contribution in [2.45, 2.75) is 63.5 Å². The fraction of sp³-hybridized carbons (Fsp3) is 0.857. The maximum Gasteiger partial charge on any atom is 0.248 e. The van der Waals surface area contributed by atoms with Gasteiger partial charge < -0.3 is 10.2 Å². The molecule has 1 saturated carbocycles. The zero-order chi connectivity index (χ0) is 15.0. The van der Waals surface area contributed by atoms with E-state index in [0.29, 0.717) is 30.9 Å². The Kier molecular flexibility index (Phi) is 3.86. The number of aromatic amines is 1. The van der Waals surface area contributed by atoms with E-state index in [9.17, 15) is 8.78 Å². The van der Waals surface area contributed by atoms with Crippen molar-refractivity contribution in [2.24, 2.45) is 0 Å². The first-order chi connectivity index (χ1) is 9.93. The molecular weight excluding hydrogens is 276 g/mol. The maximum absolute atomic E-state index is 13.2. The molecule has 1 aliphatic carbocycles. The van der Waals surface area contributed by atoms with Crippen LogP contribution in [0, 0.1) is 0 Å². The molecule has 5 nitrogen and oxygen atoms in total. The normalized spacial score (nSPS) is 30.6. The molecule has 118 valence electrons. The van der Waals surface area contributed by atoms with Crippen molar-refractivity contribution in [3.05, 3.63) is 5.82 Å². The van der Waals surface area contributed by atoms with Crippen LogP contribution in [0.25, 0.3) is 0 Å². The molecule has 0 aromatic carbocycles. The number of alkyl halides is 2. The second-order valence-corrected chi connectivity index (χ2v) is 6.52. The molecule has 0 bridgehead atoms. The number of halogens is 2. The molecule has 0 radical (unpaired) electrons. The number of hydrogen-bond donors (Lipinski definition) is 2. The molecule has 2 aliphatic rings. The summed E-state index contributed by atoms with van der Waals surface area (Å²) >= 11 is 0. The highest BCUT2D eigenvalue weighted by atomic mass is 19.3. The SMILES string of the molecule is CC1CN(c2n[nH]c(C3CCC(F)(F)CC3)n2)CC(C)N1. The largest absolute Gasteiger partial charge is 0.336 e. The van der Waals surface area contributed by atoms with E-state index in [4.69, 9.17) is 0 Å². The van der Waals surface area contributed by atoms with E-state index >= 15 is 0 Å². The molecule has 21 heavy (non-hydrogen) atoms. The van der Waals surface area contributed by atoms with Crippen LogP contribution in [0.2, 0.25) is 0 Å². The lowest BCUT2D eigenvalue weighted by Gasteiger charge is -2.35. The third-order valence-corrected chi connectivity index (χ3v) is 4.44. The molecule has 2 N–H and O–H groups in total. The average Bonchev–Trinajstić information content (AvgIpc) is 2.87. The molecule has 3 rings (SSSR count). The Balaban J connectivity index is 1.66. The van der Waals surface area contributed by atoms with Crippen molar-refractivity contribution in [1.29, 1.82) is 0 Å². The lowest BCUT2D eigenvalue weighted by molar-refractivity contribution is -0.0387. The highest BCUT2D eigenvalue weighted by Gasteiger charge is 2.36. The number of anilines is 1. The minimum atomic E-state index is -2.50. The summed E-state index contributed by atoms with van der Waals surface area (Å²) in [6.45, 7) is 6.01. The highest BCUT2D eigenvalue weighted by molar-refractivity contribution is 5.31. The van der Waals surface area contributed by atoms with Crippen molar-refractivity contribution in [3.63, 3.8) is 0 Å². The van der Waals surface area contributed by atoms with Crippen molar-refractivity contribution >= 4 is 5.95 Å². The van der Waals surface area contributed by atoms with Crippen molar-refractivity contribution in [2.75, 3.05) is 18.0 Å². The monoisotopic (exact) mass is 299 g/mol. The van der Waals surface area contributed by atoms with Gasteiger partial charge in [-0.3, -0.25) is 5.10 Å². The second-order valence-electron chi connectivity index (χ2n) is 6.52. The Morgan fingerprint density at radius 1 is 1.14 bits per heavy atom. The van der Waals surface area contributed by atoms with E-state index < -0.39 is 5.92 Å². The average molecular weight is 299 g/mol. The minimum absolute atomic E-state index is 0.0462. The van der Waals surface area contributed by atoms with Crippen LogP contribution in [0.1, 0.15) is 51.3 Å². The summed E-state index contributed by atoms with van der Waals surface area (Å²) in [6, 6.07) is 0.785. The highest BCUT2D eigenvalue weighted by Crippen LogP contribution is 2.40. The number of aromatic nitrogens is 3. The predicted molar refractivity (Wildman–Crippen MR) is 76.8 cm³/mol. The van der Waals surface area contributed by atoms with Crippen molar-refractivity contribution in [3.8, 4) is 0 Å². The fourth-order valence-corrected chi connectivity index (χ4v) is 3.39. The van der Waals surface area contributed by atoms with E-state index in [2.05, 4.69) is 39.2 Å². The molecule has 7 heteroatoms. The first-order valence-corrected chi connectivity index (χ1v) is 7.74. The summed E-state index contributed by atoms with van der Waals surface area (Å²) in [7, 11) is 0. The molecule has 0 amide bonds. The van der Waals surface area contributed by atoms with Crippen LogP contribution in [-0.2, 0) is 0 Å². The first-order valence-electron chi connectivity index (χ1n) is 7.74. The van der Waals surface area contributed by atoms with Crippen LogP contribution in [0.15, 0.2) is 0 Å². The maximum atomic E-state index is 13.2. The number of nitrogens with one attached hydrogen (secondary N) is 2. The van der Waals surface area contributed by atoms with Gasteiger partial charge in [0.2, 0.25) is 11.9 Å². The van der Waals surface area contributed by atoms with E-state index in [-0.39, 0.29) is 18.8 Å². The molecule has 1 aromatic heterocycles. The summed E-state index contributed by atoms with van der Waals surface area (Å²) < 4.78 is 26.4. The number of piperazine rings is 1. The standard InChI is InChI=1S/C14H23F2N5/c1-9-7-21(8-10(2)17-9)13-18-12(19-20-13)11-3-5-14(15,16)6-4-11/h9-11,17H,3-8H2,1-2H3,(H,18,19,20).